The molecule has 2 aliphatic rings. The molecule has 2 fully saturated rings. The normalized spacial score (nSPS) is 20.0. The molecule has 0 saturated carbocycles. The summed E-state index contributed by atoms with van der Waals surface area (Å²) in [5.41, 5.74) is 3.21. The van der Waals surface area contributed by atoms with Crippen LogP contribution in [0.3, 0.4) is 0 Å². The Balaban J connectivity index is 1.54. The monoisotopic (exact) mass is 273 g/mol. The minimum atomic E-state index is 0.0362. The second-order valence-corrected chi connectivity index (χ2v) is 6.05. The van der Waals surface area contributed by atoms with E-state index in [4.69, 9.17) is 0 Å². The maximum Gasteiger partial charge on any atom is 0.321 e. The third-order valence-corrected chi connectivity index (χ3v) is 4.44. The van der Waals surface area contributed by atoms with Crippen molar-refractivity contribution in [2.75, 3.05) is 31.5 Å². The van der Waals surface area contributed by atoms with Crippen molar-refractivity contribution in [1.29, 1.82) is 0 Å². The van der Waals surface area contributed by atoms with Gasteiger partial charge in [-0.2, -0.15) is 0 Å². The molecule has 1 aromatic rings. The molecule has 20 heavy (non-hydrogen) atoms. The van der Waals surface area contributed by atoms with E-state index in [-0.39, 0.29) is 6.03 Å². The molecule has 0 unspecified atom stereocenters. The molecule has 3 rings (SSSR count). The Bertz CT molecular complexity index is 502. The number of hydrogen-bond donors (Lipinski definition) is 1. The Hall–Kier alpha value is -1.55. The lowest BCUT2D eigenvalue weighted by atomic mass is 10.1. The van der Waals surface area contributed by atoms with Crippen LogP contribution < -0.4 is 5.32 Å². The summed E-state index contributed by atoms with van der Waals surface area (Å²) in [5.74, 6) is 0. The molecule has 1 aromatic carbocycles. The molecular weight excluding hydrogens is 250 g/mol. The van der Waals surface area contributed by atoms with E-state index in [0.29, 0.717) is 6.04 Å². The van der Waals surface area contributed by atoms with E-state index in [0.717, 1.165) is 24.3 Å². The first-order chi connectivity index (χ1) is 9.63. The second-order valence-electron chi connectivity index (χ2n) is 6.05. The molecule has 2 heterocycles. The lowest BCUT2D eigenvalue weighted by Crippen LogP contribution is -2.61. The Labute approximate surface area is 120 Å². The van der Waals surface area contributed by atoms with E-state index in [1.807, 2.05) is 30.9 Å². The summed E-state index contributed by atoms with van der Waals surface area (Å²) in [6.07, 6.45) is 2.62. The number of aryl methyl sites for hydroxylation is 2. The number of benzene rings is 1. The molecule has 0 atom stereocenters. The van der Waals surface area contributed by atoms with E-state index in [2.05, 4.69) is 16.3 Å². The lowest BCUT2D eigenvalue weighted by Gasteiger charge is -2.43. The first kappa shape index (κ1) is 13.4. The van der Waals surface area contributed by atoms with Gasteiger partial charge >= 0.3 is 6.03 Å². The van der Waals surface area contributed by atoms with Gasteiger partial charge in [-0.05, 0) is 57.0 Å². The zero-order chi connectivity index (χ0) is 14.1. The predicted octanol–water partition coefficient (Wildman–Crippen LogP) is 2.62. The molecule has 4 heteroatoms. The number of anilines is 1. The summed E-state index contributed by atoms with van der Waals surface area (Å²) in [6, 6.07) is 6.77. The SMILES string of the molecule is Cc1ccc(C)c(NC(=O)N2CC(N3CCCC3)C2)c1. The minimum Gasteiger partial charge on any atom is -0.321 e. The van der Waals surface area contributed by atoms with Gasteiger partial charge < -0.3 is 10.2 Å². The molecule has 0 aliphatic carbocycles. The van der Waals surface area contributed by atoms with Crippen LogP contribution in [0.5, 0.6) is 0 Å². The molecule has 0 aromatic heterocycles. The molecule has 1 N–H and O–H groups in total. The number of nitrogens with zero attached hydrogens (tertiary/aromatic N) is 2. The van der Waals surface area contributed by atoms with Crippen LogP contribution >= 0.6 is 0 Å². The fourth-order valence-corrected chi connectivity index (χ4v) is 3.02. The van der Waals surface area contributed by atoms with Crippen LogP contribution in [-0.4, -0.2) is 48.1 Å². The molecule has 2 saturated heterocycles. The zero-order valence-electron chi connectivity index (χ0n) is 12.4. The largest absolute Gasteiger partial charge is 0.321 e. The molecular formula is C16H23N3O. The molecule has 108 valence electrons. The quantitative estimate of drug-likeness (QED) is 0.899. The summed E-state index contributed by atoms with van der Waals surface area (Å²) in [4.78, 5) is 16.6. The van der Waals surface area contributed by atoms with Crippen LogP contribution in [0.25, 0.3) is 0 Å². The number of hydrogen-bond acceptors (Lipinski definition) is 2. The number of rotatable bonds is 2. The van der Waals surface area contributed by atoms with Gasteiger partial charge in [0.05, 0.1) is 0 Å². The highest BCUT2D eigenvalue weighted by atomic mass is 16.2. The van der Waals surface area contributed by atoms with Gasteiger partial charge in [-0.25, -0.2) is 4.79 Å². The van der Waals surface area contributed by atoms with Gasteiger partial charge in [0.1, 0.15) is 0 Å². The van der Waals surface area contributed by atoms with E-state index >= 15 is 0 Å². The van der Waals surface area contributed by atoms with Crippen LogP contribution in [0, 0.1) is 13.8 Å². The minimum absolute atomic E-state index is 0.0362. The van der Waals surface area contributed by atoms with Gasteiger partial charge in [-0.15, -0.1) is 0 Å². The van der Waals surface area contributed by atoms with Crippen molar-refractivity contribution in [1.82, 2.24) is 9.80 Å². The predicted molar refractivity (Wildman–Crippen MR) is 81.1 cm³/mol. The maximum atomic E-state index is 12.2. The van der Waals surface area contributed by atoms with E-state index in [9.17, 15) is 4.79 Å². The number of carbonyl (C=O) groups is 1. The fourth-order valence-electron chi connectivity index (χ4n) is 3.02. The Morgan fingerprint density at radius 2 is 1.90 bits per heavy atom. The first-order valence-electron chi connectivity index (χ1n) is 7.51. The zero-order valence-corrected chi connectivity index (χ0v) is 12.4. The van der Waals surface area contributed by atoms with Crippen molar-refractivity contribution in [2.45, 2.75) is 32.7 Å². The summed E-state index contributed by atoms with van der Waals surface area (Å²) in [7, 11) is 0. The van der Waals surface area contributed by atoms with E-state index < -0.39 is 0 Å². The van der Waals surface area contributed by atoms with Crippen LogP contribution in [0.2, 0.25) is 0 Å². The second kappa shape index (κ2) is 5.44. The number of likely N-dealkylation sites (tertiary alicyclic amines) is 2. The standard InChI is InChI=1S/C16H23N3O/c1-12-5-6-13(2)15(9-12)17-16(20)19-10-14(11-19)18-7-3-4-8-18/h5-6,9,14H,3-4,7-8,10-11H2,1-2H3,(H,17,20). The van der Waals surface area contributed by atoms with Crippen molar-refractivity contribution in [3.05, 3.63) is 29.3 Å². The van der Waals surface area contributed by atoms with Gasteiger partial charge in [-0.3, -0.25) is 4.90 Å². The summed E-state index contributed by atoms with van der Waals surface area (Å²) < 4.78 is 0. The summed E-state index contributed by atoms with van der Waals surface area (Å²) >= 11 is 0. The number of carbonyl (C=O) groups excluding carboxylic acids is 1. The fraction of sp³-hybridized carbons (Fsp3) is 0.562. The van der Waals surface area contributed by atoms with Gasteiger partial charge in [0, 0.05) is 24.8 Å². The van der Waals surface area contributed by atoms with E-state index in [1.54, 1.807) is 0 Å². The Kier molecular flexibility index (Phi) is 3.66. The highest BCUT2D eigenvalue weighted by Gasteiger charge is 2.35. The third kappa shape index (κ3) is 2.66. The molecule has 0 bridgehead atoms. The van der Waals surface area contributed by atoms with Gasteiger partial charge in [0.15, 0.2) is 0 Å². The van der Waals surface area contributed by atoms with Crippen molar-refractivity contribution in [3.63, 3.8) is 0 Å². The van der Waals surface area contributed by atoms with Crippen molar-refractivity contribution in [2.24, 2.45) is 0 Å². The molecule has 4 nitrogen and oxygen atoms in total. The Morgan fingerprint density at radius 3 is 2.60 bits per heavy atom. The average molecular weight is 273 g/mol. The lowest BCUT2D eigenvalue weighted by molar-refractivity contribution is 0.0776. The number of nitrogens with one attached hydrogen (secondary N) is 1. The first-order valence-corrected chi connectivity index (χ1v) is 7.51. The molecule has 0 radical (unpaired) electrons. The van der Waals surface area contributed by atoms with Crippen molar-refractivity contribution < 1.29 is 4.79 Å². The van der Waals surface area contributed by atoms with Crippen molar-refractivity contribution in [3.8, 4) is 0 Å². The number of urea groups is 1. The maximum absolute atomic E-state index is 12.2. The van der Waals surface area contributed by atoms with Crippen molar-refractivity contribution >= 4 is 11.7 Å². The van der Waals surface area contributed by atoms with Gasteiger partial charge in [-0.1, -0.05) is 12.1 Å². The highest BCUT2D eigenvalue weighted by Crippen LogP contribution is 2.22. The Morgan fingerprint density at radius 1 is 1.20 bits per heavy atom. The third-order valence-electron chi connectivity index (χ3n) is 4.44. The van der Waals surface area contributed by atoms with Gasteiger partial charge in [0.2, 0.25) is 0 Å². The molecule has 2 amide bonds. The highest BCUT2D eigenvalue weighted by molar-refractivity contribution is 5.90. The van der Waals surface area contributed by atoms with Crippen LogP contribution in [-0.2, 0) is 0 Å². The van der Waals surface area contributed by atoms with Crippen LogP contribution in [0.1, 0.15) is 24.0 Å². The molecule has 2 aliphatic heterocycles. The van der Waals surface area contributed by atoms with Gasteiger partial charge in [0.25, 0.3) is 0 Å². The topological polar surface area (TPSA) is 35.6 Å². The number of amides is 2. The van der Waals surface area contributed by atoms with Crippen LogP contribution in [0.15, 0.2) is 18.2 Å². The van der Waals surface area contributed by atoms with Crippen LogP contribution in [0.4, 0.5) is 10.5 Å². The van der Waals surface area contributed by atoms with E-state index in [1.165, 1.54) is 31.5 Å². The molecule has 0 spiro atoms. The smallest absolute Gasteiger partial charge is 0.321 e. The summed E-state index contributed by atoms with van der Waals surface area (Å²) in [5, 5.41) is 3.03. The summed E-state index contributed by atoms with van der Waals surface area (Å²) in [6.45, 7) is 8.22. The average Bonchev–Trinajstić information content (AvgIpc) is 2.85.